The highest BCUT2D eigenvalue weighted by molar-refractivity contribution is 5.93. The lowest BCUT2D eigenvalue weighted by Crippen LogP contribution is -2.47. The van der Waals surface area contributed by atoms with Crippen LogP contribution in [0.15, 0.2) is 30.3 Å². The standard InChI is InChI=1S/C27H38F2N2O7/c1-18(2)12-23(24(33)15-20(26(35)36)13-19-6-4-3-5-7-19)30-25(34)21(17-38-27(28)29)14-22(32)16-31-8-10-37-11-9-31/h3-7,18,20-21,23,27H,8-17H2,1-2H3,(H,30,34)(H,35,36)/t20-,21+,23+/m1/s1. The number of carbonyl (C=O) groups is 4. The number of Topliss-reactive ketones (excluding diaryl/α,β-unsaturated/α-hetero) is 2. The van der Waals surface area contributed by atoms with Crippen LogP contribution >= 0.6 is 0 Å². The van der Waals surface area contributed by atoms with Gasteiger partial charge in [-0.3, -0.25) is 24.1 Å². The minimum absolute atomic E-state index is 0.0274. The van der Waals surface area contributed by atoms with Gasteiger partial charge in [-0.2, -0.15) is 8.78 Å². The predicted octanol–water partition coefficient (Wildman–Crippen LogP) is 2.57. The molecule has 1 fully saturated rings. The van der Waals surface area contributed by atoms with E-state index in [1.807, 2.05) is 18.7 Å². The quantitative estimate of drug-likeness (QED) is 0.309. The van der Waals surface area contributed by atoms with Crippen molar-refractivity contribution in [3.63, 3.8) is 0 Å². The number of aliphatic carboxylic acids is 1. The lowest BCUT2D eigenvalue weighted by atomic mass is 9.89. The third-order valence-corrected chi connectivity index (χ3v) is 6.31. The number of ketones is 2. The predicted molar refractivity (Wildman–Crippen MR) is 135 cm³/mol. The number of alkyl halides is 2. The number of carboxylic acid groups (broad SMARTS) is 1. The summed E-state index contributed by atoms with van der Waals surface area (Å²) in [5.41, 5.74) is 0.764. The van der Waals surface area contributed by atoms with Crippen molar-refractivity contribution in [1.82, 2.24) is 10.2 Å². The summed E-state index contributed by atoms with van der Waals surface area (Å²) in [6.07, 6.45) is -0.266. The first-order valence-corrected chi connectivity index (χ1v) is 12.9. The summed E-state index contributed by atoms with van der Waals surface area (Å²) in [6.45, 7) is 1.98. The van der Waals surface area contributed by atoms with E-state index in [4.69, 9.17) is 4.74 Å². The lowest BCUT2D eigenvalue weighted by Gasteiger charge is -2.27. The second kappa shape index (κ2) is 16.3. The Morgan fingerprint density at radius 1 is 1.05 bits per heavy atom. The minimum Gasteiger partial charge on any atom is -0.481 e. The van der Waals surface area contributed by atoms with Crippen molar-refractivity contribution in [2.75, 3.05) is 39.5 Å². The summed E-state index contributed by atoms with van der Waals surface area (Å²) < 4.78 is 35.1. The van der Waals surface area contributed by atoms with Gasteiger partial charge >= 0.3 is 12.6 Å². The average molecular weight is 541 g/mol. The molecule has 11 heteroatoms. The van der Waals surface area contributed by atoms with Crippen LogP contribution in [0, 0.1) is 17.8 Å². The number of nitrogens with zero attached hydrogens (tertiary/aromatic N) is 1. The monoisotopic (exact) mass is 540 g/mol. The number of nitrogens with one attached hydrogen (secondary N) is 1. The van der Waals surface area contributed by atoms with Crippen LogP contribution in [0.2, 0.25) is 0 Å². The van der Waals surface area contributed by atoms with Crippen LogP contribution in [0.5, 0.6) is 0 Å². The molecule has 1 heterocycles. The number of carboxylic acids is 1. The van der Waals surface area contributed by atoms with Gasteiger partial charge in [0.1, 0.15) is 5.78 Å². The van der Waals surface area contributed by atoms with Gasteiger partial charge in [0.2, 0.25) is 5.91 Å². The van der Waals surface area contributed by atoms with E-state index in [9.17, 15) is 33.1 Å². The maximum atomic E-state index is 13.2. The lowest BCUT2D eigenvalue weighted by molar-refractivity contribution is -0.152. The van der Waals surface area contributed by atoms with E-state index < -0.39 is 48.8 Å². The number of halogens is 2. The molecule has 3 atom stereocenters. The fourth-order valence-corrected chi connectivity index (χ4v) is 4.33. The normalized spacial score (nSPS) is 16.7. The van der Waals surface area contributed by atoms with Crippen LogP contribution in [-0.2, 0) is 35.1 Å². The Labute approximate surface area is 221 Å². The molecule has 1 aliphatic rings. The van der Waals surface area contributed by atoms with E-state index in [2.05, 4.69) is 10.1 Å². The van der Waals surface area contributed by atoms with Gasteiger partial charge in [0, 0.05) is 25.9 Å². The van der Waals surface area contributed by atoms with E-state index in [-0.39, 0.29) is 43.9 Å². The van der Waals surface area contributed by atoms with Crippen molar-refractivity contribution < 1.29 is 42.5 Å². The van der Waals surface area contributed by atoms with Crippen molar-refractivity contribution >= 4 is 23.4 Å². The zero-order chi connectivity index (χ0) is 28.1. The molecule has 0 spiro atoms. The second-order valence-electron chi connectivity index (χ2n) is 10.0. The first-order chi connectivity index (χ1) is 18.0. The second-order valence-corrected chi connectivity index (χ2v) is 10.0. The molecule has 1 aliphatic heterocycles. The highest BCUT2D eigenvalue weighted by atomic mass is 19.3. The molecule has 0 radical (unpaired) electrons. The largest absolute Gasteiger partial charge is 0.481 e. The van der Waals surface area contributed by atoms with Crippen LogP contribution in [0.3, 0.4) is 0 Å². The maximum Gasteiger partial charge on any atom is 0.345 e. The third kappa shape index (κ3) is 11.7. The molecule has 1 aromatic carbocycles. The summed E-state index contributed by atoms with van der Waals surface area (Å²) in [6, 6.07) is 7.88. The third-order valence-electron chi connectivity index (χ3n) is 6.31. The van der Waals surface area contributed by atoms with Gasteiger partial charge in [-0.15, -0.1) is 0 Å². The van der Waals surface area contributed by atoms with Gasteiger partial charge in [0.15, 0.2) is 5.78 Å². The van der Waals surface area contributed by atoms with E-state index in [0.717, 1.165) is 5.56 Å². The molecule has 1 aromatic rings. The fourth-order valence-electron chi connectivity index (χ4n) is 4.33. The number of ether oxygens (including phenoxy) is 2. The molecule has 1 saturated heterocycles. The molecule has 2 N–H and O–H groups in total. The maximum absolute atomic E-state index is 13.2. The highest BCUT2D eigenvalue weighted by Gasteiger charge is 2.31. The van der Waals surface area contributed by atoms with E-state index in [1.54, 1.807) is 30.3 Å². The summed E-state index contributed by atoms with van der Waals surface area (Å²) >= 11 is 0. The Kier molecular flexibility index (Phi) is 13.5. The van der Waals surface area contributed by atoms with Crippen molar-refractivity contribution in [3.05, 3.63) is 35.9 Å². The van der Waals surface area contributed by atoms with Crippen molar-refractivity contribution in [2.24, 2.45) is 17.8 Å². The van der Waals surface area contributed by atoms with Gasteiger partial charge < -0.3 is 19.9 Å². The average Bonchev–Trinajstić information content (AvgIpc) is 2.86. The van der Waals surface area contributed by atoms with Crippen LogP contribution < -0.4 is 5.32 Å². The zero-order valence-corrected chi connectivity index (χ0v) is 21.9. The number of morpholine rings is 1. The van der Waals surface area contributed by atoms with Gasteiger partial charge in [-0.05, 0) is 24.3 Å². The number of benzene rings is 1. The molecule has 9 nitrogen and oxygen atoms in total. The van der Waals surface area contributed by atoms with Crippen molar-refractivity contribution in [1.29, 1.82) is 0 Å². The van der Waals surface area contributed by atoms with Crippen LogP contribution in [0.25, 0.3) is 0 Å². The number of hydrogen-bond acceptors (Lipinski definition) is 7. The van der Waals surface area contributed by atoms with E-state index in [0.29, 0.717) is 26.3 Å². The molecule has 0 aliphatic carbocycles. The molecular formula is C27H38F2N2O7. The fraction of sp³-hybridized carbons (Fsp3) is 0.630. The molecule has 0 saturated carbocycles. The first kappa shape index (κ1) is 31.5. The number of rotatable bonds is 17. The molecular weight excluding hydrogens is 502 g/mol. The van der Waals surface area contributed by atoms with E-state index >= 15 is 0 Å². The van der Waals surface area contributed by atoms with Gasteiger partial charge in [-0.1, -0.05) is 44.2 Å². The minimum atomic E-state index is -3.12. The Morgan fingerprint density at radius 3 is 2.29 bits per heavy atom. The highest BCUT2D eigenvalue weighted by Crippen LogP contribution is 2.18. The molecule has 2 rings (SSSR count). The zero-order valence-electron chi connectivity index (χ0n) is 21.9. The molecule has 0 aromatic heterocycles. The molecule has 0 unspecified atom stereocenters. The number of hydrogen-bond donors (Lipinski definition) is 2. The molecule has 1 amide bonds. The van der Waals surface area contributed by atoms with Crippen LogP contribution in [0.4, 0.5) is 8.78 Å². The van der Waals surface area contributed by atoms with Crippen LogP contribution in [-0.4, -0.2) is 85.6 Å². The molecule has 38 heavy (non-hydrogen) atoms. The summed E-state index contributed by atoms with van der Waals surface area (Å²) in [5, 5.41) is 12.3. The SMILES string of the molecule is CC(C)C[C@H](NC(=O)[C@H](COC(F)F)CC(=O)CN1CCOCC1)C(=O)C[C@@H](Cc1ccccc1)C(=O)O. The Hall–Kier alpha value is -2.76. The van der Waals surface area contributed by atoms with E-state index in [1.165, 1.54) is 0 Å². The first-order valence-electron chi connectivity index (χ1n) is 12.9. The smallest absolute Gasteiger partial charge is 0.345 e. The van der Waals surface area contributed by atoms with Crippen molar-refractivity contribution in [3.8, 4) is 0 Å². The Balaban J connectivity index is 2.09. The topological polar surface area (TPSA) is 122 Å². The van der Waals surface area contributed by atoms with Gasteiger partial charge in [0.25, 0.3) is 0 Å². The summed E-state index contributed by atoms with van der Waals surface area (Å²) in [4.78, 5) is 52.6. The van der Waals surface area contributed by atoms with Gasteiger partial charge in [-0.25, -0.2) is 0 Å². The summed E-state index contributed by atoms with van der Waals surface area (Å²) in [5.74, 6) is -4.91. The van der Waals surface area contributed by atoms with Gasteiger partial charge in [0.05, 0.1) is 44.2 Å². The Morgan fingerprint density at radius 2 is 1.71 bits per heavy atom. The molecule has 212 valence electrons. The Bertz CT molecular complexity index is 908. The van der Waals surface area contributed by atoms with Crippen LogP contribution in [0.1, 0.15) is 38.7 Å². The summed E-state index contributed by atoms with van der Waals surface area (Å²) in [7, 11) is 0. The number of amides is 1. The molecule has 0 bridgehead atoms. The van der Waals surface area contributed by atoms with Crippen molar-refractivity contribution in [2.45, 2.75) is 52.2 Å². The number of carbonyl (C=O) groups excluding carboxylic acids is 3.